The molecule has 0 saturated carbocycles. The van der Waals surface area contributed by atoms with Crippen LogP contribution in [0.2, 0.25) is 5.02 Å². The molecule has 4 N–H and O–H groups in total. The van der Waals surface area contributed by atoms with Gasteiger partial charge in [-0.2, -0.15) is 13.2 Å². The van der Waals surface area contributed by atoms with Crippen molar-refractivity contribution in [2.24, 2.45) is 11.7 Å². The van der Waals surface area contributed by atoms with E-state index in [9.17, 15) is 26.4 Å². The Morgan fingerprint density at radius 2 is 1.82 bits per heavy atom. The Labute approximate surface area is 236 Å². The van der Waals surface area contributed by atoms with Crippen molar-refractivity contribution in [3.05, 3.63) is 53.1 Å². The number of carboxylic acid groups (broad SMARTS) is 1. The SMILES string of the molecule is N=C(N)N1CCC(COc2cc(N(CCCCCC(=O)O)S(=O)(=O)c3ccccc3Cl)cc(C(F)(F)F)c2)CC1. The summed E-state index contributed by atoms with van der Waals surface area (Å²) in [4.78, 5) is 12.3. The van der Waals surface area contributed by atoms with Crippen LogP contribution in [0.3, 0.4) is 0 Å². The third-order valence-electron chi connectivity index (χ3n) is 6.60. The first-order chi connectivity index (χ1) is 18.8. The van der Waals surface area contributed by atoms with Crippen LogP contribution in [-0.2, 0) is 21.0 Å². The summed E-state index contributed by atoms with van der Waals surface area (Å²) in [6, 6.07) is 8.48. The lowest BCUT2D eigenvalue weighted by molar-refractivity contribution is -0.138. The second-order valence-corrected chi connectivity index (χ2v) is 11.8. The molecule has 3 rings (SSSR count). The van der Waals surface area contributed by atoms with Gasteiger partial charge in [0.25, 0.3) is 10.0 Å². The molecule has 40 heavy (non-hydrogen) atoms. The Bertz CT molecular complexity index is 1300. The number of nitrogens with one attached hydrogen (secondary N) is 1. The van der Waals surface area contributed by atoms with E-state index in [4.69, 9.17) is 32.6 Å². The molecule has 1 saturated heterocycles. The minimum atomic E-state index is -4.78. The number of unbranched alkanes of at least 4 members (excludes halogenated alkanes) is 2. The molecule has 0 atom stereocenters. The summed E-state index contributed by atoms with van der Waals surface area (Å²) in [7, 11) is -4.39. The second kappa shape index (κ2) is 13.4. The normalized spacial score (nSPS) is 14.7. The number of piperidine rings is 1. The van der Waals surface area contributed by atoms with E-state index in [1.165, 1.54) is 30.3 Å². The Kier molecular flexibility index (Phi) is 10.5. The van der Waals surface area contributed by atoms with Crippen LogP contribution in [0.25, 0.3) is 0 Å². The van der Waals surface area contributed by atoms with Crippen molar-refractivity contribution in [2.45, 2.75) is 49.6 Å². The van der Waals surface area contributed by atoms with E-state index in [2.05, 4.69) is 0 Å². The van der Waals surface area contributed by atoms with Crippen molar-refractivity contribution >= 4 is 39.2 Å². The highest BCUT2D eigenvalue weighted by Crippen LogP contribution is 2.38. The number of guanidine groups is 1. The largest absolute Gasteiger partial charge is 0.493 e. The molecule has 0 amide bonds. The highest BCUT2D eigenvalue weighted by molar-refractivity contribution is 7.93. The number of carbonyl (C=O) groups is 1. The molecule has 1 heterocycles. The van der Waals surface area contributed by atoms with Crippen molar-refractivity contribution in [3.8, 4) is 5.75 Å². The van der Waals surface area contributed by atoms with Gasteiger partial charge in [-0.15, -0.1) is 0 Å². The number of alkyl halides is 3. The van der Waals surface area contributed by atoms with Crippen molar-refractivity contribution in [2.75, 3.05) is 30.5 Å². The lowest BCUT2D eigenvalue weighted by Crippen LogP contribution is -2.43. The number of halogens is 4. The number of nitrogens with zero attached hydrogens (tertiary/aromatic N) is 2. The highest BCUT2D eigenvalue weighted by Gasteiger charge is 2.34. The fourth-order valence-corrected chi connectivity index (χ4v) is 6.38. The highest BCUT2D eigenvalue weighted by atomic mass is 35.5. The van der Waals surface area contributed by atoms with Crippen LogP contribution >= 0.6 is 11.6 Å². The van der Waals surface area contributed by atoms with E-state index in [1.54, 1.807) is 4.90 Å². The van der Waals surface area contributed by atoms with E-state index in [0.29, 0.717) is 32.4 Å². The number of anilines is 1. The van der Waals surface area contributed by atoms with Gasteiger partial charge in [0.1, 0.15) is 10.6 Å². The van der Waals surface area contributed by atoms with Gasteiger partial charge in [0.15, 0.2) is 5.96 Å². The molecule has 220 valence electrons. The summed E-state index contributed by atoms with van der Waals surface area (Å²) >= 11 is 6.16. The Balaban J connectivity index is 1.92. The fraction of sp³-hybridized carbons (Fsp3) is 0.462. The zero-order valence-electron chi connectivity index (χ0n) is 21.7. The summed E-state index contributed by atoms with van der Waals surface area (Å²) in [5, 5.41) is 16.3. The zero-order valence-corrected chi connectivity index (χ0v) is 23.2. The molecule has 1 fully saturated rings. The van der Waals surface area contributed by atoms with E-state index in [1.807, 2.05) is 0 Å². The number of hydrogen-bond donors (Lipinski definition) is 3. The number of benzene rings is 2. The summed E-state index contributed by atoms with van der Waals surface area (Å²) < 4.78 is 75.7. The number of hydrogen-bond acceptors (Lipinski definition) is 5. The number of aliphatic carboxylic acids is 1. The molecule has 0 radical (unpaired) electrons. The fourth-order valence-electron chi connectivity index (χ4n) is 4.40. The van der Waals surface area contributed by atoms with Crippen molar-refractivity contribution in [3.63, 3.8) is 0 Å². The molecule has 0 spiro atoms. The van der Waals surface area contributed by atoms with Crippen LogP contribution in [0.1, 0.15) is 44.1 Å². The molecule has 9 nitrogen and oxygen atoms in total. The maximum Gasteiger partial charge on any atom is 0.416 e. The first-order valence-corrected chi connectivity index (χ1v) is 14.5. The van der Waals surface area contributed by atoms with Crippen LogP contribution < -0.4 is 14.8 Å². The molecule has 0 aliphatic carbocycles. The van der Waals surface area contributed by atoms with Gasteiger partial charge >= 0.3 is 12.1 Å². The van der Waals surface area contributed by atoms with Gasteiger partial charge in [-0.05, 0) is 55.9 Å². The average Bonchev–Trinajstić information content (AvgIpc) is 2.89. The second-order valence-electron chi connectivity index (χ2n) is 9.55. The quantitative estimate of drug-likeness (QED) is 0.172. The molecule has 1 aliphatic heterocycles. The number of ether oxygens (including phenoxy) is 1. The molecule has 2 aromatic rings. The minimum absolute atomic E-state index is 0.0192. The van der Waals surface area contributed by atoms with Gasteiger partial charge in [0.2, 0.25) is 0 Å². The maximum absolute atomic E-state index is 13.9. The predicted octanol–water partition coefficient (Wildman–Crippen LogP) is 5.18. The van der Waals surface area contributed by atoms with Crippen LogP contribution in [0.15, 0.2) is 47.4 Å². The summed E-state index contributed by atoms with van der Waals surface area (Å²) in [6.45, 7) is 0.974. The van der Waals surface area contributed by atoms with E-state index in [0.717, 1.165) is 16.4 Å². The number of likely N-dealkylation sites (tertiary alicyclic amines) is 1. The Hall–Kier alpha value is -3.19. The summed E-state index contributed by atoms with van der Waals surface area (Å²) in [5.41, 5.74) is 4.20. The molecular formula is C26H32ClF3N4O5S. The van der Waals surface area contributed by atoms with Gasteiger partial charge < -0.3 is 20.5 Å². The third-order valence-corrected chi connectivity index (χ3v) is 8.93. The average molecular weight is 605 g/mol. The van der Waals surface area contributed by atoms with Crippen LogP contribution in [0, 0.1) is 11.3 Å². The van der Waals surface area contributed by atoms with E-state index < -0.39 is 27.7 Å². The van der Waals surface area contributed by atoms with Gasteiger partial charge in [-0.1, -0.05) is 30.2 Å². The van der Waals surface area contributed by atoms with Crippen molar-refractivity contribution in [1.29, 1.82) is 5.41 Å². The lowest BCUT2D eigenvalue weighted by Gasteiger charge is -2.32. The van der Waals surface area contributed by atoms with Gasteiger partial charge in [-0.3, -0.25) is 14.5 Å². The Morgan fingerprint density at radius 1 is 1.15 bits per heavy atom. The zero-order chi connectivity index (χ0) is 29.5. The predicted molar refractivity (Wildman–Crippen MR) is 145 cm³/mol. The number of nitrogens with two attached hydrogens (primary N) is 1. The monoisotopic (exact) mass is 604 g/mol. The molecular weight excluding hydrogens is 573 g/mol. The third kappa shape index (κ3) is 8.40. The first kappa shape index (κ1) is 31.3. The summed E-state index contributed by atoms with van der Waals surface area (Å²) in [6.07, 6.45) is -2.77. The molecule has 0 aromatic heterocycles. The molecule has 1 aliphatic rings. The van der Waals surface area contributed by atoms with Crippen molar-refractivity contribution in [1.82, 2.24) is 4.90 Å². The minimum Gasteiger partial charge on any atom is -0.493 e. The van der Waals surface area contributed by atoms with Crippen LogP contribution in [0.4, 0.5) is 18.9 Å². The molecule has 0 unspecified atom stereocenters. The van der Waals surface area contributed by atoms with Crippen molar-refractivity contribution < 1.29 is 36.2 Å². The van der Waals surface area contributed by atoms with Gasteiger partial charge in [0.05, 0.1) is 22.9 Å². The molecule has 0 bridgehead atoms. The van der Waals surface area contributed by atoms with E-state index >= 15 is 0 Å². The summed E-state index contributed by atoms with van der Waals surface area (Å²) in [5.74, 6) is -1.15. The molecule has 2 aromatic carbocycles. The number of sulfonamides is 1. The first-order valence-electron chi connectivity index (χ1n) is 12.7. The smallest absolute Gasteiger partial charge is 0.416 e. The standard InChI is InChI=1S/C26H32ClF3N4O5S/c27-22-6-3-4-7-23(22)40(37,38)34(11-5-1-2-8-24(35)36)20-14-19(26(28,29)30)15-21(16-20)39-17-18-9-12-33(13-10-18)25(31)32/h3-4,6-7,14-16,18H,1-2,5,8-13,17H2,(H3,31,32)(H,35,36). The lowest BCUT2D eigenvalue weighted by atomic mass is 9.98. The topological polar surface area (TPSA) is 137 Å². The van der Waals surface area contributed by atoms with E-state index in [-0.39, 0.29) is 65.6 Å². The number of rotatable bonds is 12. The molecule has 14 heteroatoms. The maximum atomic E-state index is 13.9. The Morgan fingerprint density at radius 3 is 2.42 bits per heavy atom. The van der Waals surface area contributed by atoms with Gasteiger partial charge in [0, 0.05) is 32.1 Å². The van der Waals surface area contributed by atoms with Crippen LogP contribution in [0.5, 0.6) is 5.75 Å². The van der Waals surface area contributed by atoms with Gasteiger partial charge in [-0.25, -0.2) is 8.42 Å². The number of carboxylic acids is 1. The van der Waals surface area contributed by atoms with Crippen LogP contribution in [-0.4, -0.2) is 56.6 Å².